The standard InChI is InChI=1S/C26H33N3O3S/c1-25-11-6-5-7-19(25)14-26(17-25,15-23(30)31)24(32)27-16-22-28-20-13-18(8-9-21(20)33-22)10-12-29(2,3)4/h5-9,11,13,19H,10,12,14-17H2,1-4H3,(H-,27,30,31,32)/p+1. The van der Waals surface area contributed by atoms with Gasteiger partial charge in [-0.05, 0) is 41.9 Å². The molecule has 0 saturated heterocycles. The fourth-order valence-electron chi connectivity index (χ4n) is 5.27. The van der Waals surface area contributed by atoms with E-state index >= 15 is 0 Å². The summed E-state index contributed by atoms with van der Waals surface area (Å²) in [5.74, 6) is -0.924. The van der Waals surface area contributed by atoms with E-state index in [0.29, 0.717) is 19.4 Å². The van der Waals surface area contributed by atoms with E-state index < -0.39 is 11.4 Å². The van der Waals surface area contributed by atoms with Gasteiger partial charge in [0.2, 0.25) is 5.91 Å². The van der Waals surface area contributed by atoms with Crippen molar-refractivity contribution in [1.82, 2.24) is 10.3 Å². The van der Waals surface area contributed by atoms with E-state index in [4.69, 9.17) is 4.98 Å². The number of nitrogens with zero attached hydrogens (tertiary/aromatic N) is 2. The molecule has 1 amide bonds. The normalized spacial score (nSPS) is 26.5. The summed E-state index contributed by atoms with van der Waals surface area (Å²) >= 11 is 1.58. The van der Waals surface area contributed by atoms with Gasteiger partial charge in [0, 0.05) is 6.42 Å². The molecule has 2 aromatic rings. The SMILES string of the molecule is CC12C=CC=CC1CC(CC(=O)O)(C(=O)NCc1nc3cc(CC[N+](C)(C)C)ccc3s1)C2. The Morgan fingerprint density at radius 2 is 2.06 bits per heavy atom. The first-order valence-electron chi connectivity index (χ1n) is 11.5. The van der Waals surface area contributed by atoms with Crippen molar-refractivity contribution in [2.45, 2.75) is 39.2 Å². The van der Waals surface area contributed by atoms with Gasteiger partial charge in [-0.3, -0.25) is 9.59 Å². The Kier molecular flexibility index (Phi) is 6.22. The summed E-state index contributed by atoms with van der Waals surface area (Å²) in [5.41, 5.74) is 1.14. The van der Waals surface area contributed by atoms with Crippen LogP contribution >= 0.6 is 11.3 Å². The van der Waals surface area contributed by atoms with Crippen LogP contribution in [0.2, 0.25) is 0 Å². The molecule has 2 aliphatic carbocycles. The lowest BCUT2D eigenvalue weighted by Gasteiger charge is -2.29. The molecule has 2 N–H and O–H groups in total. The fourth-order valence-corrected chi connectivity index (χ4v) is 6.16. The highest BCUT2D eigenvalue weighted by Gasteiger charge is 2.55. The van der Waals surface area contributed by atoms with Crippen LogP contribution in [0, 0.1) is 16.7 Å². The summed E-state index contributed by atoms with van der Waals surface area (Å²) in [7, 11) is 6.56. The summed E-state index contributed by atoms with van der Waals surface area (Å²) in [5, 5.41) is 13.4. The lowest BCUT2D eigenvalue weighted by Crippen LogP contribution is -2.41. The van der Waals surface area contributed by atoms with Gasteiger partial charge in [0.15, 0.2) is 0 Å². The minimum absolute atomic E-state index is 0.151. The number of hydrogen-bond acceptors (Lipinski definition) is 4. The molecule has 6 nitrogen and oxygen atoms in total. The van der Waals surface area contributed by atoms with Crippen LogP contribution in [0.15, 0.2) is 42.5 Å². The predicted octanol–water partition coefficient (Wildman–Crippen LogP) is 4.16. The molecule has 0 aliphatic heterocycles. The number of fused-ring (bicyclic) bond motifs is 2. The maximum absolute atomic E-state index is 13.4. The van der Waals surface area contributed by atoms with Gasteiger partial charge in [-0.25, -0.2) is 4.98 Å². The summed E-state index contributed by atoms with van der Waals surface area (Å²) in [6.07, 6.45) is 10.2. The molecular weight excluding hydrogens is 434 g/mol. The van der Waals surface area contributed by atoms with Crippen molar-refractivity contribution in [3.8, 4) is 0 Å². The average molecular weight is 469 g/mol. The zero-order valence-electron chi connectivity index (χ0n) is 19.9. The zero-order chi connectivity index (χ0) is 23.9. The maximum Gasteiger partial charge on any atom is 0.304 e. The van der Waals surface area contributed by atoms with Crippen LogP contribution in [-0.4, -0.2) is 54.1 Å². The van der Waals surface area contributed by atoms with Gasteiger partial charge in [0.1, 0.15) is 5.01 Å². The van der Waals surface area contributed by atoms with Crippen molar-refractivity contribution in [2.75, 3.05) is 27.7 Å². The van der Waals surface area contributed by atoms with Gasteiger partial charge in [0.25, 0.3) is 0 Å². The summed E-state index contributed by atoms with van der Waals surface area (Å²) in [6.45, 7) is 3.49. The minimum Gasteiger partial charge on any atom is -0.481 e. The van der Waals surface area contributed by atoms with Crippen molar-refractivity contribution in [1.29, 1.82) is 0 Å². The third-order valence-electron chi connectivity index (χ3n) is 7.05. The average Bonchev–Trinajstić information content (AvgIpc) is 3.26. The third-order valence-corrected chi connectivity index (χ3v) is 8.08. The number of likely N-dealkylation sites (N-methyl/N-ethyl adjacent to an activating group) is 1. The van der Waals surface area contributed by atoms with Gasteiger partial charge in [-0.15, -0.1) is 11.3 Å². The molecule has 1 aromatic heterocycles. The number of nitrogens with one attached hydrogen (secondary N) is 1. The Labute approximate surface area is 199 Å². The Bertz CT molecular complexity index is 1130. The first-order chi connectivity index (χ1) is 15.5. The van der Waals surface area contributed by atoms with Gasteiger partial charge in [0.05, 0.1) is 56.3 Å². The van der Waals surface area contributed by atoms with Crippen LogP contribution in [0.1, 0.15) is 36.8 Å². The second kappa shape index (κ2) is 8.69. The number of hydrogen-bond donors (Lipinski definition) is 2. The minimum atomic E-state index is -0.929. The number of carboxylic acid groups (broad SMARTS) is 1. The number of amides is 1. The van der Waals surface area contributed by atoms with Gasteiger partial charge >= 0.3 is 5.97 Å². The van der Waals surface area contributed by atoms with E-state index in [2.05, 4.69) is 63.7 Å². The Morgan fingerprint density at radius 3 is 2.76 bits per heavy atom. The number of allylic oxidation sites excluding steroid dienone is 4. The summed E-state index contributed by atoms with van der Waals surface area (Å²) < 4.78 is 2.01. The Morgan fingerprint density at radius 1 is 1.27 bits per heavy atom. The summed E-state index contributed by atoms with van der Waals surface area (Å²) in [6, 6.07) is 6.40. The first kappa shape index (κ1) is 23.6. The van der Waals surface area contributed by atoms with E-state index in [-0.39, 0.29) is 23.7 Å². The van der Waals surface area contributed by atoms with E-state index in [0.717, 1.165) is 32.7 Å². The molecule has 3 unspecified atom stereocenters. The molecule has 7 heteroatoms. The molecule has 1 saturated carbocycles. The zero-order valence-corrected chi connectivity index (χ0v) is 20.7. The third kappa shape index (κ3) is 5.20. The number of quaternary nitrogens is 1. The lowest BCUT2D eigenvalue weighted by molar-refractivity contribution is -0.870. The molecule has 1 heterocycles. The van der Waals surface area contributed by atoms with Crippen LogP contribution in [0.5, 0.6) is 0 Å². The smallest absolute Gasteiger partial charge is 0.304 e. The summed E-state index contributed by atoms with van der Waals surface area (Å²) in [4.78, 5) is 29.8. The second-order valence-electron chi connectivity index (χ2n) is 10.9. The molecule has 1 aromatic carbocycles. The molecule has 2 aliphatic rings. The molecule has 1 fully saturated rings. The maximum atomic E-state index is 13.4. The first-order valence-corrected chi connectivity index (χ1v) is 12.3. The van der Waals surface area contributed by atoms with Crippen LogP contribution in [0.25, 0.3) is 10.2 Å². The molecule has 176 valence electrons. The molecule has 33 heavy (non-hydrogen) atoms. The largest absolute Gasteiger partial charge is 0.481 e. The number of aromatic nitrogens is 1. The van der Waals surface area contributed by atoms with Gasteiger partial charge in [-0.2, -0.15) is 0 Å². The van der Waals surface area contributed by atoms with Crippen molar-refractivity contribution in [3.63, 3.8) is 0 Å². The molecule has 3 atom stereocenters. The highest BCUT2D eigenvalue weighted by atomic mass is 32.1. The molecule has 0 radical (unpaired) electrons. The molecule has 0 bridgehead atoms. The quantitative estimate of drug-likeness (QED) is 0.570. The number of thiazole rings is 1. The molecule has 4 rings (SSSR count). The van der Waals surface area contributed by atoms with Crippen LogP contribution in [0.4, 0.5) is 0 Å². The van der Waals surface area contributed by atoms with E-state index in [1.54, 1.807) is 11.3 Å². The number of aliphatic carboxylic acids is 1. The predicted molar refractivity (Wildman–Crippen MR) is 132 cm³/mol. The topological polar surface area (TPSA) is 79.3 Å². The fraction of sp³-hybridized carbons (Fsp3) is 0.500. The Balaban J connectivity index is 1.47. The highest BCUT2D eigenvalue weighted by Crippen LogP contribution is 2.57. The molecular formula is C26H34N3O3S+. The second-order valence-corrected chi connectivity index (χ2v) is 12.1. The number of carbonyl (C=O) groups is 2. The van der Waals surface area contributed by atoms with Crippen LogP contribution < -0.4 is 5.32 Å². The van der Waals surface area contributed by atoms with Crippen molar-refractivity contribution in [2.24, 2.45) is 16.7 Å². The van der Waals surface area contributed by atoms with Gasteiger partial charge in [-0.1, -0.05) is 37.3 Å². The molecule has 0 spiro atoms. The highest BCUT2D eigenvalue weighted by molar-refractivity contribution is 7.18. The Hall–Kier alpha value is -2.51. The van der Waals surface area contributed by atoms with Crippen LogP contribution in [-0.2, 0) is 22.6 Å². The van der Waals surface area contributed by atoms with Crippen LogP contribution in [0.3, 0.4) is 0 Å². The van der Waals surface area contributed by atoms with Crippen molar-refractivity contribution < 1.29 is 19.2 Å². The number of carboxylic acids is 1. The van der Waals surface area contributed by atoms with Crippen molar-refractivity contribution >= 4 is 33.4 Å². The number of carbonyl (C=O) groups excluding carboxylic acids is 1. The van der Waals surface area contributed by atoms with E-state index in [1.807, 2.05) is 12.2 Å². The van der Waals surface area contributed by atoms with E-state index in [1.165, 1.54) is 5.56 Å². The van der Waals surface area contributed by atoms with E-state index in [9.17, 15) is 14.7 Å². The monoisotopic (exact) mass is 468 g/mol. The van der Waals surface area contributed by atoms with Gasteiger partial charge < -0.3 is 14.9 Å². The van der Waals surface area contributed by atoms with Crippen molar-refractivity contribution in [3.05, 3.63) is 53.1 Å². The number of rotatable bonds is 8. The number of benzene rings is 1. The lowest BCUT2D eigenvalue weighted by atomic mass is 9.75.